The number of fused-ring (bicyclic) bond motifs is 3. The first-order chi connectivity index (χ1) is 15.0. The van der Waals surface area contributed by atoms with Gasteiger partial charge in [-0.15, -0.1) is 10.2 Å². The van der Waals surface area contributed by atoms with Gasteiger partial charge in [-0.3, -0.25) is 0 Å². The molecule has 4 aromatic rings. The molecule has 10 heteroatoms. The van der Waals surface area contributed by atoms with Crippen LogP contribution >= 0.6 is 39.3 Å². The van der Waals surface area contributed by atoms with Gasteiger partial charge in [0, 0.05) is 15.7 Å². The number of halogens is 2. The van der Waals surface area contributed by atoms with Crippen LogP contribution in [0.25, 0.3) is 16.9 Å². The Morgan fingerprint density at radius 3 is 2.74 bits per heavy atom. The molecule has 1 atom stereocenters. The van der Waals surface area contributed by atoms with Crippen molar-refractivity contribution in [2.75, 3.05) is 11.6 Å². The number of nitrogens with one attached hydrogen (secondary N) is 1. The Morgan fingerprint density at radius 2 is 1.97 bits per heavy atom. The van der Waals surface area contributed by atoms with Crippen molar-refractivity contribution in [2.45, 2.75) is 18.3 Å². The number of aryl methyl sites for hydroxylation is 1. The number of nitrogens with zero attached hydrogens (tertiary/aromatic N) is 5. The van der Waals surface area contributed by atoms with Crippen molar-refractivity contribution in [3.05, 3.63) is 69.4 Å². The summed E-state index contributed by atoms with van der Waals surface area (Å²) in [6.07, 6.45) is 1.28. The van der Waals surface area contributed by atoms with E-state index in [4.69, 9.17) is 16.3 Å². The van der Waals surface area contributed by atoms with Gasteiger partial charge in [0.25, 0.3) is 0 Å². The van der Waals surface area contributed by atoms with Crippen LogP contribution < -0.4 is 10.1 Å². The third kappa shape index (κ3) is 3.66. The smallest absolute Gasteiger partial charge is 0.247 e. The van der Waals surface area contributed by atoms with Gasteiger partial charge in [0.05, 0.1) is 16.9 Å². The molecule has 1 aliphatic heterocycles. The molecule has 0 saturated heterocycles. The summed E-state index contributed by atoms with van der Waals surface area (Å²) >= 11 is 11.7. The highest BCUT2D eigenvalue weighted by atomic mass is 79.9. The van der Waals surface area contributed by atoms with E-state index < -0.39 is 6.23 Å². The molecule has 0 unspecified atom stereocenters. The van der Waals surface area contributed by atoms with Crippen molar-refractivity contribution in [3.63, 3.8) is 0 Å². The Balaban J connectivity index is 1.66. The number of thioether (sulfide) groups is 1. The van der Waals surface area contributed by atoms with Gasteiger partial charge in [-0.2, -0.15) is 10.1 Å². The van der Waals surface area contributed by atoms with Crippen LogP contribution in [0.5, 0.6) is 5.88 Å². The molecule has 0 amide bonds. The lowest BCUT2D eigenvalue weighted by Gasteiger charge is -2.19. The molecule has 2 aromatic carbocycles. The summed E-state index contributed by atoms with van der Waals surface area (Å²) < 4.78 is 8.95. The molecule has 31 heavy (non-hydrogen) atoms. The average molecular weight is 516 g/mol. The zero-order valence-electron chi connectivity index (χ0n) is 16.5. The predicted octanol–water partition coefficient (Wildman–Crippen LogP) is 5.67. The molecule has 2 aromatic heterocycles. The zero-order chi connectivity index (χ0) is 21.5. The molecule has 1 N–H and O–H groups in total. The maximum atomic E-state index is 6.81. The van der Waals surface area contributed by atoms with Gasteiger partial charge in [0.15, 0.2) is 5.69 Å². The van der Waals surface area contributed by atoms with Gasteiger partial charge >= 0.3 is 0 Å². The van der Waals surface area contributed by atoms with Crippen LogP contribution in [0, 0.1) is 6.92 Å². The summed E-state index contributed by atoms with van der Waals surface area (Å²) in [5, 5.41) is 17.7. The van der Waals surface area contributed by atoms with Crippen LogP contribution in [0.4, 0.5) is 5.69 Å². The first kappa shape index (κ1) is 20.3. The lowest BCUT2D eigenvalue weighted by molar-refractivity contribution is 0.224. The highest BCUT2D eigenvalue weighted by molar-refractivity contribution is 9.10. The van der Waals surface area contributed by atoms with Gasteiger partial charge in [-0.25, -0.2) is 4.68 Å². The third-order valence-electron chi connectivity index (χ3n) is 4.88. The summed E-state index contributed by atoms with van der Waals surface area (Å²) in [4.78, 5) is 4.56. The van der Waals surface area contributed by atoms with E-state index in [0.717, 1.165) is 32.7 Å². The van der Waals surface area contributed by atoms with Crippen LogP contribution in [-0.4, -0.2) is 31.2 Å². The second-order valence-electron chi connectivity index (χ2n) is 6.82. The number of ether oxygens (including phenoxy) is 1. The SMILES string of the molecule is CSc1nnc2c(n1)O[C@@H](c1c(C)nn(-c3ccccc3)c1Cl)Nc1ccc(Br)cc1-2. The monoisotopic (exact) mass is 514 g/mol. The van der Waals surface area contributed by atoms with Crippen molar-refractivity contribution in [3.8, 4) is 22.8 Å². The Morgan fingerprint density at radius 1 is 1.16 bits per heavy atom. The maximum absolute atomic E-state index is 6.81. The molecule has 5 rings (SSSR count). The minimum absolute atomic E-state index is 0.386. The van der Waals surface area contributed by atoms with E-state index in [0.29, 0.717) is 21.9 Å². The molecule has 7 nitrogen and oxygen atoms in total. The molecule has 0 fully saturated rings. The topological polar surface area (TPSA) is 77.8 Å². The summed E-state index contributed by atoms with van der Waals surface area (Å²) in [5.41, 5.74) is 4.59. The van der Waals surface area contributed by atoms with E-state index in [1.165, 1.54) is 11.8 Å². The minimum atomic E-state index is -0.613. The van der Waals surface area contributed by atoms with Crippen LogP contribution in [0.3, 0.4) is 0 Å². The molecular weight excluding hydrogens is 500 g/mol. The third-order valence-corrected chi connectivity index (χ3v) is 6.28. The molecular formula is C21H16BrClN6OS. The average Bonchev–Trinajstić information content (AvgIpc) is 2.99. The number of rotatable bonds is 3. The van der Waals surface area contributed by atoms with Crippen molar-refractivity contribution in [2.24, 2.45) is 0 Å². The molecule has 156 valence electrons. The molecule has 0 spiro atoms. The lowest BCUT2D eigenvalue weighted by Crippen LogP contribution is -2.18. The highest BCUT2D eigenvalue weighted by Crippen LogP contribution is 2.42. The largest absolute Gasteiger partial charge is 0.447 e. The summed E-state index contributed by atoms with van der Waals surface area (Å²) in [7, 11) is 0. The summed E-state index contributed by atoms with van der Waals surface area (Å²) in [6.45, 7) is 1.91. The summed E-state index contributed by atoms with van der Waals surface area (Å²) in [6, 6.07) is 15.6. The molecule has 0 bridgehead atoms. The van der Waals surface area contributed by atoms with Gasteiger partial charge in [-0.1, -0.05) is 57.5 Å². The van der Waals surface area contributed by atoms with E-state index in [-0.39, 0.29) is 0 Å². The van der Waals surface area contributed by atoms with Crippen LogP contribution in [-0.2, 0) is 0 Å². The Hall–Kier alpha value is -2.62. The first-order valence-electron chi connectivity index (χ1n) is 9.37. The number of para-hydroxylation sites is 1. The predicted molar refractivity (Wildman–Crippen MR) is 125 cm³/mol. The molecule has 0 saturated carbocycles. The second-order valence-corrected chi connectivity index (χ2v) is 8.87. The van der Waals surface area contributed by atoms with E-state index in [1.807, 2.05) is 61.7 Å². The number of anilines is 1. The van der Waals surface area contributed by atoms with Crippen molar-refractivity contribution in [1.82, 2.24) is 25.0 Å². The Bertz CT molecular complexity index is 1280. The first-order valence-corrected chi connectivity index (χ1v) is 11.8. The standard InChI is InChI=1S/C21H16BrClN6OS/c1-11-16(18(23)29(28-11)13-6-4-3-5-7-13)19-24-15-9-8-12(22)10-14(15)17-20(30-19)25-21(31-2)27-26-17/h3-10,19,24H,1-2H3/t19-/m0/s1. The normalized spacial score (nSPS) is 14.8. The number of aromatic nitrogens is 5. The molecule has 0 radical (unpaired) electrons. The van der Waals surface area contributed by atoms with E-state index in [2.05, 4.69) is 41.5 Å². The van der Waals surface area contributed by atoms with Crippen molar-refractivity contribution >= 4 is 45.0 Å². The van der Waals surface area contributed by atoms with Crippen LogP contribution in [0.1, 0.15) is 17.5 Å². The lowest BCUT2D eigenvalue weighted by atomic mass is 10.1. The van der Waals surface area contributed by atoms with Gasteiger partial charge in [0.2, 0.25) is 17.3 Å². The van der Waals surface area contributed by atoms with Gasteiger partial charge in [-0.05, 0) is 43.5 Å². The fourth-order valence-electron chi connectivity index (χ4n) is 3.44. The van der Waals surface area contributed by atoms with Gasteiger partial charge < -0.3 is 10.1 Å². The minimum Gasteiger partial charge on any atom is -0.447 e. The fourth-order valence-corrected chi connectivity index (χ4v) is 4.47. The Labute approximate surface area is 196 Å². The second kappa shape index (κ2) is 8.14. The molecule has 0 aliphatic carbocycles. The number of benzene rings is 2. The van der Waals surface area contributed by atoms with Crippen molar-refractivity contribution < 1.29 is 4.74 Å². The van der Waals surface area contributed by atoms with Crippen molar-refractivity contribution in [1.29, 1.82) is 0 Å². The zero-order valence-corrected chi connectivity index (χ0v) is 19.7. The van der Waals surface area contributed by atoms with E-state index >= 15 is 0 Å². The van der Waals surface area contributed by atoms with Gasteiger partial charge in [0.1, 0.15) is 5.15 Å². The number of hydrogen-bond acceptors (Lipinski definition) is 7. The molecule has 1 aliphatic rings. The fraction of sp³-hybridized carbons (Fsp3) is 0.143. The molecule has 3 heterocycles. The van der Waals surface area contributed by atoms with E-state index in [1.54, 1.807) is 4.68 Å². The van der Waals surface area contributed by atoms with Crippen LogP contribution in [0.2, 0.25) is 5.15 Å². The maximum Gasteiger partial charge on any atom is 0.247 e. The van der Waals surface area contributed by atoms with Crippen LogP contribution in [0.15, 0.2) is 58.2 Å². The van der Waals surface area contributed by atoms with E-state index in [9.17, 15) is 0 Å². The quantitative estimate of drug-likeness (QED) is 0.352. The summed E-state index contributed by atoms with van der Waals surface area (Å²) in [5.74, 6) is 0.386. The highest BCUT2D eigenvalue weighted by Gasteiger charge is 2.31. The Kier molecular flexibility index (Phi) is 5.33. The number of hydrogen-bond donors (Lipinski definition) is 1.